The number of thioether (sulfide) groups is 1. The van der Waals surface area contributed by atoms with Gasteiger partial charge in [-0.15, -0.1) is 0 Å². The molecule has 0 radical (unpaired) electrons. The number of benzene rings is 1. The van der Waals surface area contributed by atoms with Crippen LogP contribution >= 0.6 is 27.7 Å². The van der Waals surface area contributed by atoms with Crippen molar-refractivity contribution < 1.29 is 14.3 Å². The van der Waals surface area contributed by atoms with Crippen LogP contribution in [-0.2, 0) is 14.3 Å². The van der Waals surface area contributed by atoms with E-state index >= 15 is 0 Å². The standard InChI is InChI=1S/C16H21BrN2O3S/c1-16(10-22-11-16)9-18-14(20)6-7-23-8-15(21)19-13-4-2-12(17)3-5-13/h2-5H,6-11H2,1H3,(H,18,20)(H,19,21). The van der Waals surface area contributed by atoms with Crippen molar-refractivity contribution in [3.63, 3.8) is 0 Å². The van der Waals surface area contributed by atoms with E-state index in [0.717, 1.165) is 10.2 Å². The van der Waals surface area contributed by atoms with E-state index in [9.17, 15) is 9.59 Å². The van der Waals surface area contributed by atoms with E-state index in [1.165, 1.54) is 11.8 Å². The molecule has 126 valence electrons. The van der Waals surface area contributed by atoms with Crippen molar-refractivity contribution in [3.8, 4) is 0 Å². The molecule has 0 saturated carbocycles. The molecule has 2 amide bonds. The van der Waals surface area contributed by atoms with Gasteiger partial charge in [-0.2, -0.15) is 11.8 Å². The average molecular weight is 401 g/mol. The molecule has 0 spiro atoms. The summed E-state index contributed by atoms with van der Waals surface area (Å²) in [5.41, 5.74) is 0.861. The first-order chi connectivity index (χ1) is 11.0. The molecule has 1 aromatic rings. The monoisotopic (exact) mass is 400 g/mol. The van der Waals surface area contributed by atoms with E-state index in [-0.39, 0.29) is 17.2 Å². The Hall–Kier alpha value is -1.05. The second-order valence-corrected chi connectivity index (χ2v) is 7.96. The Bertz CT molecular complexity index is 547. The number of ether oxygens (including phenoxy) is 1. The second kappa shape index (κ2) is 8.70. The van der Waals surface area contributed by atoms with Gasteiger partial charge in [-0.25, -0.2) is 0 Å². The quantitative estimate of drug-likeness (QED) is 0.658. The third-order valence-corrected chi connectivity index (χ3v) is 4.94. The average Bonchev–Trinajstić information content (AvgIpc) is 2.50. The highest BCUT2D eigenvalue weighted by molar-refractivity contribution is 9.10. The van der Waals surface area contributed by atoms with Gasteiger partial charge in [-0.05, 0) is 24.3 Å². The molecule has 1 aliphatic heterocycles. The number of nitrogens with one attached hydrogen (secondary N) is 2. The molecular weight excluding hydrogens is 380 g/mol. The summed E-state index contributed by atoms with van der Waals surface area (Å²) in [5, 5.41) is 5.74. The molecule has 1 saturated heterocycles. The van der Waals surface area contributed by atoms with E-state index in [4.69, 9.17) is 4.74 Å². The van der Waals surface area contributed by atoms with Gasteiger partial charge in [0.2, 0.25) is 11.8 Å². The molecule has 0 aliphatic carbocycles. The van der Waals surface area contributed by atoms with E-state index in [1.807, 2.05) is 24.3 Å². The van der Waals surface area contributed by atoms with Gasteiger partial charge in [0.15, 0.2) is 0 Å². The summed E-state index contributed by atoms with van der Waals surface area (Å²) in [4.78, 5) is 23.5. The molecule has 5 nitrogen and oxygen atoms in total. The van der Waals surface area contributed by atoms with Crippen LogP contribution in [0, 0.1) is 5.41 Å². The van der Waals surface area contributed by atoms with Gasteiger partial charge in [0.05, 0.1) is 19.0 Å². The van der Waals surface area contributed by atoms with Gasteiger partial charge in [0, 0.05) is 34.3 Å². The van der Waals surface area contributed by atoms with Crippen molar-refractivity contribution in [1.29, 1.82) is 0 Å². The van der Waals surface area contributed by atoms with Crippen LogP contribution < -0.4 is 10.6 Å². The fourth-order valence-corrected chi connectivity index (χ4v) is 3.01. The fraction of sp³-hybridized carbons (Fsp3) is 0.500. The number of carbonyl (C=O) groups is 2. The lowest BCUT2D eigenvalue weighted by Crippen LogP contribution is -2.48. The Kier molecular flexibility index (Phi) is 6.92. The lowest BCUT2D eigenvalue weighted by molar-refractivity contribution is -0.126. The topological polar surface area (TPSA) is 67.4 Å². The molecule has 1 aliphatic rings. The molecule has 23 heavy (non-hydrogen) atoms. The van der Waals surface area contributed by atoms with E-state index in [0.29, 0.717) is 37.7 Å². The van der Waals surface area contributed by atoms with E-state index in [1.54, 1.807) is 0 Å². The second-order valence-electron chi connectivity index (χ2n) is 5.94. The summed E-state index contributed by atoms with van der Waals surface area (Å²) in [6, 6.07) is 7.43. The molecule has 0 aromatic heterocycles. The summed E-state index contributed by atoms with van der Waals surface area (Å²) in [6.07, 6.45) is 0.424. The number of amides is 2. The summed E-state index contributed by atoms with van der Waals surface area (Å²) < 4.78 is 6.12. The number of hydrogen-bond acceptors (Lipinski definition) is 4. The van der Waals surface area contributed by atoms with E-state index < -0.39 is 0 Å². The van der Waals surface area contributed by atoms with Gasteiger partial charge in [-0.3, -0.25) is 9.59 Å². The zero-order valence-corrected chi connectivity index (χ0v) is 15.5. The Labute approximate surface area is 149 Å². The lowest BCUT2D eigenvalue weighted by Gasteiger charge is -2.38. The molecule has 1 heterocycles. The van der Waals surface area contributed by atoms with Crippen LogP contribution in [0.2, 0.25) is 0 Å². The molecular formula is C16H21BrN2O3S. The van der Waals surface area contributed by atoms with Crippen molar-refractivity contribution in [2.75, 3.05) is 36.6 Å². The number of anilines is 1. The minimum Gasteiger partial charge on any atom is -0.380 e. The van der Waals surface area contributed by atoms with Crippen LogP contribution in [0.3, 0.4) is 0 Å². The van der Waals surface area contributed by atoms with Crippen LogP contribution in [0.25, 0.3) is 0 Å². The van der Waals surface area contributed by atoms with Crippen molar-refractivity contribution in [1.82, 2.24) is 5.32 Å². The summed E-state index contributed by atoms with van der Waals surface area (Å²) in [7, 11) is 0. The van der Waals surface area contributed by atoms with Gasteiger partial charge < -0.3 is 15.4 Å². The minimum absolute atomic E-state index is 0.0268. The maximum atomic E-state index is 11.8. The van der Waals surface area contributed by atoms with Gasteiger partial charge in [0.25, 0.3) is 0 Å². The van der Waals surface area contributed by atoms with Crippen LogP contribution in [-0.4, -0.2) is 43.1 Å². The van der Waals surface area contributed by atoms with E-state index in [2.05, 4.69) is 33.5 Å². The summed E-state index contributed by atoms with van der Waals surface area (Å²) in [6.45, 7) is 4.16. The Morgan fingerprint density at radius 1 is 1.26 bits per heavy atom. The third-order valence-electron chi connectivity index (χ3n) is 3.45. The Balaban J connectivity index is 1.54. The summed E-state index contributed by atoms with van der Waals surface area (Å²) in [5.74, 6) is 0.942. The minimum atomic E-state index is -0.0585. The molecule has 0 atom stereocenters. The van der Waals surface area contributed by atoms with Gasteiger partial charge >= 0.3 is 0 Å². The molecule has 1 aromatic carbocycles. The predicted octanol–water partition coefficient (Wildman–Crippen LogP) is 2.66. The fourth-order valence-electron chi connectivity index (χ4n) is 2.01. The van der Waals surface area contributed by atoms with Gasteiger partial charge in [0.1, 0.15) is 0 Å². The number of carbonyl (C=O) groups excluding carboxylic acids is 2. The number of rotatable bonds is 8. The molecule has 2 rings (SSSR count). The van der Waals surface area contributed by atoms with Crippen molar-refractivity contribution in [3.05, 3.63) is 28.7 Å². The first-order valence-electron chi connectivity index (χ1n) is 7.44. The molecule has 7 heteroatoms. The highest BCUT2D eigenvalue weighted by atomic mass is 79.9. The van der Waals surface area contributed by atoms with Crippen molar-refractivity contribution in [2.24, 2.45) is 5.41 Å². The highest BCUT2D eigenvalue weighted by Gasteiger charge is 2.33. The maximum absolute atomic E-state index is 11.8. The molecule has 1 fully saturated rings. The highest BCUT2D eigenvalue weighted by Crippen LogP contribution is 2.25. The molecule has 0 bridgehead atoms. The zero-order valence-electron chi connectivity index (χ0n) is 13.1. The van der Waals surface area contributed by atoms with Crippen LogP contribution in [0.1, 0.15) is 13.3 Å². The van der Waals surface area contributed by atoms with Crippen LogP contribution in [0.5, 0.6) is 0 Å². The molecule has 2 N–H and O–H groups in total. The first kappa shape index (κ1) is 18.3. The first-order valence-corrected chi connectivity index (χ1v) is 9.39. The zero-order chi connectivity index (χ0) is 16.7. The van der Waals surface area contributed by atoms with Gasteiger partial charge in [-0.1, -0.05) is 22.9 Å². The molecule has 0 unspecified atom stereocenters. The summed E-state index contributed by atoms with van der Waals surface area (Å²) >= 11 is 4.81. The number of halogens is 1. The lowest BCUT2D eigenvalue weighted by atomic mass is 9.89. The SMILES string of the molecule is CC1(CNC(=O)CCSCC(=O)Nc2ccc(Br)cc2)COC1. The largest absolute Gasteiger partial charge is 0.380 e. The van der Waals surface area contributed by atoms with Crippen LogP contribution in [0.15, 0.2) is 28.7 Å². The third kappa shape index (κ3) is 6.53. The maximum Gasteiger partial charge on any atom is 0.234 e. The van der Waals surface area contributed by atoms with Crippen molar-refractivity contribution in [2.45, 2.75) is 13.3 Å². The normalized spacial score (nSPS) is 15.6. The smallest absolute Gasteiger partial charge is 0.234 e. The Morgan fingerprint density at radius 2 is 1.96 bits per heavy atom. The predicted molar refractivity (Wildman–Crippen MR) is 96.6 cm³/mol. The van der Waals surface area contributed by atoms with Crippen molar-refractivity contribution >= 4 is 45.2 Å². The number of hydrogen-bond donors (Lipinski definition) is 2. The Morgan fingerprint density at radius 3 is 2.57 bits per heavy atom. The van der Waals surface area contributed by atoms with Crippen LogP contribution in [0.4, 0.5) is 5.69 Å².